The van der Waals surface area contributed by atoms with Crippen LogP contribution in [0.4, 0.5) is 0 Å². The van der Waals surface area contributed by atoms with Gasteiger partial charge in [0.05, 0.1) is 23.5 Å². The summed E-state index contributed by atoms with van der Waals surface area (Å²) in [6.07, 6.45) is 0. The number of nitrogens with two attached hydrogens (primary N) is 1. The Hall–Kier alpha value is -1.92. The van der Waals surface area contributed by atoms with Crippen molar-refractivity contribution < 1.29 is 4.79 Å². The van der Waals surface area contributed by atoms with Crippen LogP contribution < -0.4 is 5.73 Å². The lowest BCUT2D eigenvalue weighted by Gasteiger charge is -2.21. The highest BCUT2D eigenvalue weighted by atomic mass is 16.1. The molecule has 0 aliphatic carbocycles. The quantitative estimate of drug-likeness (QED) is 0.892. The molecule has 1 aromatic carbocycles. The van der Waals surface area contributed by atoms with Crippen molar-refractivity contribution >= 4 is 16.9 Å². The third-order valence-corrected chi connectivity index (χ3v) is 4.46. The second-order valence-corrected chi connectivity index (χ2v) is 6.17. The number of rotatable bonds is 3. The van der Waals surface area contributed by atoms with E-state index in [9.17, 15) is 4.79 Å². The topological polar surface area (TPSA) is 67.4 Å². The molecule has 2 heterocycles. The second kappa shape index (κ2) is 6.06. The zero-order valence-electron chi connectivity index (χ0n) is 13.2. The summed E-state index contributed by atoms with van der Waals surface area (Å²) in [5, 5.41) is 0. The Morgan fingerprint density at radius 2 is 2.05 bits per heavy atom. The minimum absolute atomic E-state index is 0.123. The van der Waals surface area contributed by atoms with Crippen molar-refractivity contribution in [1.82, 2.24) is 19.4 Å². The Bertz CT molecular complexity index is 680. The highest BCUT2D eigenvalue weighted by Gasteiger charge is 2.25. The molecule has 1 saturated heterocycles. The van der Waals surface area contributed by atoms with E-state index < -0.39 is 0 Å². The van der Waals surface area contributed by atoms with E-state index in [2.05, 4.69) is 20.4 Å². The molecular formula is C16H23N5O. The van der Waals surface area contributed by atoms with Gasteiger partial charge in [-0.1, -0.05) is 12.1 Å². The van der Waals surface area contributed by atoms with E-state index in [1.807, 2.05) is 32.3 Å². The molecule has 6 heteroatoms. The summed E-state index contributed by atoms with van der Waals surface area (Å²) in [7, 11) is 4.08. The number of carbonyl (C=O) groups excluding carboxylic acids is 1. The molecule has 1 aliphatic heterocycles. The number of aryl methyl sites for hydroxylation is 1. The van der Waals surface area contributed by atoms with Gasteiger partial charge in [0.25, 0.3) is 0 Å². The Labute approximate surface area is 130 Å². The molecule has 1 atom stereocenters. The average molecular weight is 301 g/mol. The van der Waals surface area contributed by atoms with Gasteiger partial charge in [0.1, 0.15) is 5.82 Å². The van der Waals surface area contributed by atoms with Crippen LogP contribution in [0.2, 0.25) is 0 Å². The van der Waals surface area contributed by atoms with Gasteiger partial charge in [-0.15, -0.1) is 0 Å². The van der Waals surface area contributed by atoms with E-state index >= 15 is 0 Å². The van der Waals surface area contributed by atoms with Gasteiger partial charge in [0.2, 0.25) is 5.91 Å². The molecule has 1 unspecified atom stereocenters. The molecule has 0 bridgehead atoms. The lowest BCUT2D eigenvalue weighted by atomic mass is 10.1. The Kier molecular flexibility index (Phi) is 4.13. The number of likely N-dealkylation sites (N-methyl/N-ethyl adjacent to an activating group) is 1. The van der Waals surface area contributed by atoms with Crippen molar-refractivity contribution in [2.45, 2.75) is 6.54 Å². The summed E-state index contributed by atoms with van der Waals surface area (Å²) < 4.78 is 2.13. The fraction of sp³-hybridized carbons (Fsp3) is 0.500. The van der Waals surface area contributed by atoms with Crippen LogP contribution in [0.3, 0.4) is 0 Å². The van der Waals surface area contributed by atoms with Crippen LogP contribution in [0.5, 0.6) is 0 Å². The molecule has 22 heavy (non-hydrogen) atoms. The van der Waals surface area contributed by atoms with Crippen molar-refractivity contribution in [3.8, 4) is 0 Å². The summed E-state index contributed by atoms with van der Waals surface area (Å²) in [6, 6.07) is 8.14. The summed E-state index contributed by atoms with van der Waals surface area (Å²) in [6.45, 7) is 4.03. The van der Waals surface area contributed by atoms with E-state index in [0.717, 1.165) is 43.0 Å². The second-order valence-electron chi connectivity index (χ2n) is 6.17. The molecule has 3 rings (SSSR count). The molecule has 0 radical (unpaired) electrons. The first kappa shape index (κ1) is 15.0. The van der Waals surface area contributed by atoms with Crippen LogP contribution >= 0.6 is 0 Å². The number of hydrogen-bond donors (Lipinski definition) is 1. The van der Waals surface area contributed by atoms with E-state index in [1.54, 1.807) is 0 Å². The van der Waals surface area contributed by atoms with Crippen LogP contribution in [-0.4, -0.2) is 58.5 Å². The zero-order valence-corrected chi connectivity index (χ0v) is 13.2. The van der Waals surface area contributed by atoms with Gasteiger partial charge in [-0.2, -0.15) is 0 Å². The largest absolute Gasteiger partial charge is 0.369 e. The Morgan fingerprint density at radius 3 is 2.77 bits per heavy atom. The van der Waals surface area contributed by atoms with Crippen LogP contribution in [0.1, 0.15) is 5.82 Å². The SMILES string of the molecule is CN1CCN(Cc2nc3ccccc3n2C)CC(C(N)=O)C1. The third-order valence-electron chi connectivity index (χ3n) is 4.46. The maximum Gasteiger partial charge on any atom is 0.223 e. The van der Waals surface area contributed by atoms with E-state index in [4.69, 9.17) is 10.7 Å². The normalized spacial score (nSPS) is 21.1. The maximum absolute atomic E-state index is 11.6. The first-order valence-electron chi connectivity index (χ1n) is 7.65. The summed E-state index contributed by atoms with van der Waals surface area (Å²) >= 11 is 0. The number of amides is 1. The van der Waals surface area contributed by atoms with Crippen LogP contribution in [0.25, 0.3) is 11.0 Å². The number of para-hydroxylation sites is 2. The minimum Gasteiger partial charge on any atom is -0.369 e. The Balaban J connectivity index is 1.81. The van der Waals surface area contributed by atoms with Crippen LogP contribution in [0.15, 0.2) is 24.3 Å². The van der Waals surface area contributed by atoms with Crippen molar-refractivity contribution in [2.75, 3.05) is 33.2 Å². The number of imidazole rings is 1. The molecule has 0 spiro atoms. The van der Waals surface area contributed by atoms with Gasteiger partial charge in [-0.3, -0.25) is 9.69 Å². The molecule has 2 N–H and O–H groups in total. The average Bonchev–Trinajstić information content (AvgIpc) is 2.67. The predicted molar refractivity (Wildman–Crippen MR) is 86.2 cm³/mol. The first-order valence-corrected chi connectivity index (χ1v) is 7.65. The number of aromatic nitrogens is 2. The number of hydrogen-bond acceptors (Lipinski definition) is 4. The van der Waals surface area contributed by atoms with Gasteiger partial charge in [0, 0.05) is 33.2 Å². The minimum atomic E-state index is -0.219. The molecule has 1 aromatic heterocycles. The maximum atomic E-state index is 11.6. The van der Waals surface area contributed by atoms with Gasteiger partial charge >= 0.3 is 0 Å². The lowest BCUT2D eigenvalue weighted by Crippen LogP contribution is -2.37. The molecule has 1 aliphatic rings. The lowest BCUT2D eigenvalue weighted by molar-refractivity contribution is -0.122. The van der Waals surface area contributed by atoms with Gasteiger partial charge in [0.15, 0.2) is 0 Å². The van der Waals surface area contributed by atoms with Crippen molar-refractivity contribution in [3.63, 3.8) is 0 Å². The predicted octanol–water partition coefficient (Wildman–Crippen LogP) is 0.422. The summed E-state index contributed by atoms with van der Waals surface area (Å²) in [4.78, 5) is 20.8. The highest BCUT2D eigenvalue weighted by molar-refractivity contribution is 5.77. The fourth-order valence-electron chi connectivity index (χ4n) is 3.10. The van der Waals surface area contributed by atoms with Crippen LogP contribution in [0, 0.1) is 5.92 Å². The number of nitrogens with zero attached hydrogens (tertiary/aromatic N) is 4. The standard InChI is InChI=1S/C16H23N5O/c1-19-7-8-21(10-12(9-19)16(17)22)11-15-18-13-5-3-4-6-14(13)20(15)2/h3-6,12H,7-11H2,1-2H3,(H2,17,22). The van der Waals surface area contributed by atoms with Gasteiger partial charge in [-0.25, -0.2) is 4.98 Å². The smallest absolute Gasteiger partial charge is 0.223 e. The van der Waals surface area contributed by atoms with Crippen molar-refractivity contribution in [2.24, 2.45) is 18.7 Å². The van der Waals surface area contributed by atoms with Gasteiger partial charge in [-0.05, 0) is 19.2 Å². The van der Waals surface area contributed by atoms with Gasteiger partial charge < -0.3 is 15.2 Å². The monoisotopic (exact) mass is 301 g/mol. The fourth-order valence-corrected chi connectivity index (χ4v) is 3.10. The molecule has 6 nitrogen and oxygen atoms in total. The number of benzene rings is 1. The summed E-state index contributed by atoms with van der Waals surface area (Å²) in [5.41, 5.74) is 7.68. The molecular weight excluding hydrogens is 278 g/mol. The van der Waals surface area contributed by atoms with Crippen molar-refractivity contribution in [3.05, 3.63) is 30.1 Å². The number of primary amides is 1. The third kappa shape index (κ3) is 2.98. The van der Waals surface area contributed by atoms with E-state index in [-0.39, 0.29) is 11.8 Å². The Morgan fingerprint density at radius 1 is 1.27 bits per heavy atom. The molecule has 2 aromatic rings. The highest BCUT2D eigenvalue weighted by Crippen LogP contribution is 2.17. The molecule has 118 valence electrons. The molecule has 0 saturated carbocycles. The van der Waals surface area contributed by atoms with E-state index in [0.29, 0.717) is 6.54 Å². The number of carbonyl (C=O) groups is 1. The summed E-state index contributed by atoms with van der Waals surface area (Å²) in [5.74, 6) is 0.680. The van der Waals surface area contributed by atoms with Crippen molar-refractivity contribution in [1.29, 1.82) is 0 Å². The number of fused-ring (bicyclic) bond motifs is 1. The van der Waals surface area contributed by atoms with E-state index in [1.165, 1.54) is 0 Å². The zero-order chi connectivity index (χ0) is 15.7. The molecule has 1 amide bonds. The van der Waals surface area contributed by atoms with Crippen LogP contribution in [-0.2, 0) is 18.4 Å². The molecule has 1 fully saturated rings. The first-order chi connectivity index (χ1) is 10.5.